The Balaban J connectivity index is 2.50. The molecule has 0 aliphatic carbocycles. The molecule has 0 spiro atoms. The fraction of sp³-hybridized carbons (Fsp3) is 0.500. The van der Waals surface area contributed by atoms with Crippen molar-refractivity contribution in [3.63, 3.8) is 0 Å². The van der Waals surface area contributed by atoms with Crippen LogP contribution in [0.15, 0.2) is 0 Å². The second-order valence-corrected chi connectivity index (χ2v) is 5.28. The highest BCUT2D eigenvalue weighted by Crippen LogP contribution is 2.22. The Morgan fingerprint density at radius 2 is 2.19 bits per heavy atom. The molecule has 0 saturated carbocycles. The second kappa shape index (κ2) is 7.29. The molecule has 1 aromatic rings. The van der Waals surface area contributed by atoms with E-state index in [1.54, 1.807) is 17.7 Å². The van der Waals surface area contributed by atoms with Crippen LogP contribution >= 0.6 is 11.8 Å². The standard InChI is InChI=1S/C14H18N4O2S/c1-3-4-7-18-12(13(20)21-2)11(10-19)16-14(18)17-8-5-15-6-9-17/h10,15H,5-9H2,1-2H3. The Morgan fingerprint density at radius 3 is 2.76 bits per heavy atom. The Kier molecular flexibility index (Phi) is 5.42. The van der Waals surface area contributed by atoms with E-state index < -0.39 is 0 Å². The van der Waals surface area contributed by atoms with Crippen LogP contribution in [0.3, 0.4) is 0 Å². The monoisotopic (exact) mass is 306 g/mol. The number of thioether (sulfide) groups is 1. The van der Waals surface area contributed by atoms with Crippen molar-refractivity contribution in [2.75, 3.05) is 37.3 Å². The summed E-state index contributed by atoms with van der Waals surface area (Å²) >= 11 is 1.08. The number of carbonyl (C=O) groups excluding carboxylic acids is 2. The van der Waals surface area contributed by atoms with Gasteiger partial charge in [-0.1, -0.05) is 17.7 Å². The van der Waals surface area contributed by atoms with Crippen molar-refractivity contribution in [2.24, 2.45) is 0 Å². The van der Waals surface area contributed by atoms with E-state index in [0.29, 0.717) is 24.5 Å². The highest BCUT2D eigenvalue weighted by atomic mass is 32.2. The van der Waals surface area contributed by atoms with Crippen LogP contribution < -0.4 is 10.2 Å². The highest BCUT2D eigenvalue weighted by molar-refractivity contribution is 8.13. The number of hydrogen-bond acceptors (Lipinski definition) is 6. The lowest BCUT2D eigenvalue weighted by Crippen LogP contribution is -2.44. The Bertz CT molecular complexity index is 594. The molecule has 1 aliphatic rings. The van der Waals surface area contributed by atoms with E-state index in [9.17, 15) is 9.59 Å². The van der Waals surface area contributed by atoms with Gasteiger partial charge in [0.25, 0.3) is 0 Å². The molecular formula is C14H18N4O2S. The molecule has 2 heterocycles. The number of aldehydes is 1. The van der Waals surface area contributed by atoms with Crippen molar-refractivity contribution in [1.82, 2.24) is 14.9 Å². The molecular weight excluding hydrogens is 288 g/mol. The van der Waals surface area contributed by atoms with Crippen molar-refractivity contribution >= 4 is 29.1 Å². The first-order valence-corrected chi connectivity index (χ1v) is 7.94. The number of nitrogens with one attached hydrogen (secondary N) is 1. The third-order valence-corrected chi connectivity index (χ3v) is 3.84. The summed E-state index contributed by atoms with van der Waals surface area (Å²) in [6, 6.07) is 0. The SMILES string of the molecule is CC#CCn1c(N2CCNCC2)nc(C=O)c1C(=O)SC. The van der Waals surface area contributed by atoms with E-state index in [0.717, 1.165) is 37.9 Å². The maximum atomic E-state index is 12.1. The van der Waals surface area contributed by atoms with Crippen LogP contribution in [-0.2, 0) is 6.54 Å². The molecule has 0 atom stereocenters. The molecule has 1 fully saturated rings. The van der Waals surface area contributed by atoms with Gasteiger partial charge in [-0.15, -0.1) is 5.92 Å². The van der Waals surface area contributed by atoms with Crippen molar-refractivity contribution in [2.45, 2.75) is 13.5 Å². The van der Waals surface area contributed by atoms with Crippen LogP contribution in [-0.4, -0.2) is 53.4 Å². The number of piperazine rings is 1. The molecule has 0 aromatic carbocycles. The minimum absolute atomic E-state index is 0.163. The minimum atomic E-state index is -0.163. The quantitative estimate of drug-likeness (QED) is 0.650. The first-order chi connectivity index (χ1) is 10.2. The van der Waals surface area contributed by atoms with Gasteiger partial charge in [0, 0.05) is 26.2 Å². The molecule has 1 aliphatic heterocycles. The average Bonchev–Trinajstić information content (AvgIpc) is 2.91. The van der Waals surface area contributed by atoms with Crippen molar-refractivity contribution < 1.29 is 9.59 Å². The van der Waals surface area contributed by atoms with Gasteiger partial charge in [-0.25, -0.2) is 4.98 Å². The van der Waals surface area contributed by atoms with Gasteiger partial charge in [0.05, 0.1) is 6.54 Å². The molecule has 0 amide bonds. The molecule has 1 aromatic heterocycles. The molecule has 1 N–H and O–H groups in total. The maximum Gasteiger partial charge on any atom is 0.237 e. The number of hydrogen-bond donors (Lipinski definition) is 1. The zero-order valence-corrected chi connectivity index (χ0v) is 13.0. The van der Waals surface area contributed by atoms with Crippen molar-refractivity contribution in [1.29, 1.82) is 0 Å². The largest absolute Gasteiger partial charge is 0.340 e. The number of carbonyl (C=O) groups is 2. The first kappa shape index (κ1) is 15.6. The molecule has 112 valence electrons. The summed E-state index contributed by atoms with van der Waals surface area (Å²) in [7, 11) is 0. The van der Waals surface area contributed by atoms with Gasteiger partial charge in [-0.05, 0) is 13.2 Å². The summed E-state index contributed by atoms with van der Waals surface area (Å²) in [4.78, 5) is 29.8. The van der Waals surface area contributed by atoms with Crippen LogP contribution in [0.25, 0.3) is 0 Å². The maximum absolute atomic E-state index is 12.1. The fourth-order valence-corrected chi connectivity index (χ4v) is 2.68. The van der Waals surface area contributed by atoms with E-state index in [2.05, 4.69) is 27.0 Å². The van der Waals surface area contributed by atoms with Gasteiger partial charge in [0.2, 0.25) is 11.1 Å². The van der Waals surface area contributed by atoms with Gasteiger partial charge in [-0.3, -0.25) is 14.2 Å². The molecule has 2 rings (SSSR count). The zero-order valence-electron chi connectivity index (χ0n) is 12.2. The highest BCUT2D eigenvalue weighted by Gasteiger charge is 2.25. The average molecular weight is 306 g/mol. The minimum Gasteiger partial charge on any atom is -0.340 e. The normalized spacial score (nSPS) is 14.5. The number of anilines is 1. The predicted octanol–water partition coefficient (Wildman–Crippen LogP) is 0.632. The van der Waals surface area contributed by atoms with Crippen LogP contribution in [0.4, 0.5) is 5.95 Å². The molecule has 0 radical (unpaired) electrons. The molecule has 7 heteroatoms. The Hall–Kier alpha value is -1.78. The second-order valence-electron chi connectivity index (χ2n) is 4.51. The van der Waals surface area contributed by atoms with Crippen molar-refractivity contribution in [3.8, 4) is 11.8 Å². The zero-order chi connectivity index (χ0) is 15.2. The number of imidazole rings is 1. The molecule has 21 heavy (non-hydrogen) atoms. The molecule has 1 saturated heterocycles. The van der Waals surface area contributed by atoms with Crippen molar-refractivity contribution in [3.05, 3.63) is 11.4 Å². The summed E-state index contributed by atoms with van der Waals surface area (Å²) in [6.07, 6.45) is 2.34. The van der Waals surface area contributed by atoms with Crippen LogP contribution in [0.5, 0.6) is 0 Å². The smallest absolute Gasteiger partial charge is 0.237 e. The predicted molar refractivity (Wildman–Crippen MR) is 84.0 cm³/mol. The van der Waals surface area contributed by atoms with E-state index in [1.165, 1.54) is 0 Å². The third-order valence-electron chi connectivity index (χ3n) is 3.28. The van der Waals surface area contributed by atoms with E-state index in [-0.39, 0.29) is 10.8 Å². The van der Waals surface area contributed by atoms with Gasteiger partial charge >= 0.3 is 0 Å². The lowest BCUT2D eigenvalue weighted by Gasteiger charge is -2.28. The lowest BCUT2D eigenvalue weighted by molar-refractivity contribution is 0.106. The van der Waals surface area contributed by atoms with E-state index in [1.807, 2.05) is 0 Å². The van der Waals surface area contributed by atoms with Gasteiger partial charge in [0.15, 0.2) is 6.29 Å². The first-order valence-electron chi connectivity index (χ1n) is 6.72. The number of rotatable bonds is 4. The molecule has 0 unspecified atom stereocenters. The Labute approximate surface area is 128 Å². The van der Waals surface area contributed by atoms with Crippen LogP contribution in [0.2, 0.25) is 0 Å². The summed E-state index contributed by atoms with van der Waals surface area (Å²) in [5.74, 6) is 6.43. The summed E-state index contributed by atoms with van der Waals surface area (Å²) < 4.78 is 1.75. The fourth-order valence-electron chi connectivity index (χ4n) is 2.27. The number of aromatic nitrogens is 2. The summed E-state index contributed by atoms with van der Waals surface area (Å²) in [6.45, 7) is 5.41. The van der Waals surface area contributed by atoms with Gasteiger partial charge in [-0.2, -0.15) is 0 Å². The molecule has 0 bridgehead atoms. The van der Waals surface area contributed by atoms with E-state index >= 15 is 0 Å². The van der Waals surface area contributed by atoms with E-state index in [4.69, 9.17) is 0 Å². The Morgan fingerprint density at radius 1 is 1.48 bits per heavy atom. The van der Waals surface area contributed by atoms with Crippen LogP contribution in [0, 0.1) is 11.8 Å². The third kappa shape index (κ3) is 3.28. The summed E-state index contributed by atoms with van der Waals surface area (Å²) in [5, 5.41) is 3.11. The molecule has 6 nitrogen and oxygen atoms in total. The van der Waals surface area contributed by atoms with Crippen LogP contribution in [0.1, 0.15) is 27.9 Å². The lowest BCUT2D eigenvalue weighted by atomic mass is 10.3. The summed E-state index contributed by atoms with van der Waals surface area (Å²) in [5.41, 5.74) is 0.537. The van der Waals surface area contributed by atoms with Gasteiger partial charge in [0.1, 0.15) is 11.4 Å². The van der Waals surface area contributed by atoms with Gasteiger partial charge < -0.3 is 10.2 Å². The number of nitrogens with zero attached hydrogens (tertiary/aromatic N) is 3. The topological polar surface area (TPSA) is 67.2 Å².